The molecule has 0 radical (unpaired) electrons. The van der Waals surface area contributed by atoms with E-state index in [0.29, 0.717) is 24.7 Å². The summed E-state index contributed by atoms with van der Waals surface area (Å²) in [6.07, 6.45) is 0. The van der Waals surface area contributed by atoms with E-state index in [0.717, 1.165) is 11.1 Å². The lowest BCUT2D eigenvalue weighted by atomic mass is 10.1. The Morgan fingerprint density at radius 3 is 1.56 bits per heavy atom. The standard InChI is InChI=1S/C18H22N2O5/c1-9-5-11(3)24-15(9)17(21)19-13-7-23-8-14(13)20-18(22)16-10(2)6-12(4)25-16/h5-6,13-14H,7-8H2,1-4H3,(H,19,21)(H,20,22)/t13-,14+. The highest BCUT2D eigenvalue weighted by molar-refractivity contribution is 5.94. The molecular formula is C18H22N2O5. The molecule has 1 aliphatic heterocycles. The van der Waals surface area contributed by atoms with Crippen molar-refractivity contribution in [1.29, 1.82) is 0 Å². The molecule has 0 spiro atoms. The van der Waals surface area contributed by atoms with Gasteiger partial charge in [0.25, 0.3) is 11.8 Å². The Morgan fingerprint density at radius 1 is 0.840 bits per heavy atom. The molecule has 3 rings (SSSR count). The average Bonchev–Trinajstić information content (AvgIpc) is 3.19. The SMILES string of the molecule is Cc1cc(C)c(C(=O)N[C@H]2COC[C@H]2NC(=O)c2oc(C)cc2C)o1. The van der Waals surface area contributed by atoms with Gasteiger partial charge in [-0.25, -0.2) is 0 Å². The highest BCUT2D eigenvalue weighted by Crippen LogP contribution is 2.17. The summed E-state index contributed by atoms with van der Waals surface area (Å²) in [5.41, 5.74) is 1.55. The van der Waals surface area contributed by atoms with E-state index in [1.54, 1.807) is 26.0 Å². The fourth-order valence-electron chi connectivity index (χ4n) is 3.04. The summed E-state index contributed by atoms with van der Waals surface area (Å²) in [6.45, 7) is 7.87. The molecule has 0 bridgehead atoms. The summed E-state index contributed by atoms with van der Waals surface area (Å²) in [7, 11) is 0. The lowest BCUT2D eigenvalue weighted by molar-refractivity contribution is 0.0866. The number of ether oxygens (including phenoxy) is 1. The molecule has 1 saturated heterocycles. The van der Waals surface area contributed by atoms with Gasteiger partial charge in [-0.3, -0.25) is 9.59 Å². The Kier molecular flexibility index (Phi) is 4.67. The molecule has 2 aromatic heterocycles. The van der Waals surface area contributed by atoms with Crippen LogP contribution in [-0.2, 0) is 4.74 Å². The first kappa shape index (κ1) is 17.3. The molecule has 3 heterocycles. The van der Waals surface area contributed by atoms with E-state index in [4.69, 9.17) is 13.6 Å². The minimum atomic E-state index is -0.336. The van der Waals surface area contributed by atoms with Gasteiger partial charge in [-0.05, 0) is 39.8 Å². The largest absolute Gasteiger partial charge is 0.456 e. The van der Waals surface area contributed by atoms with Crippen molar-refractivity contribution < 1.29 is 23.2 Å². The van der Waals surface area contributed by atoms with Crippen LogP contribution in [-0.4, -0.2) is 37.1 Å². The molecule has 0 aromatic carbocycles. The monoisotopic (exact) mass is 346 g/mol. The second-order valence-corrected chi connectivity index (χ2v) is 6.44. The average molecular weight is 346 g/mol. The second kappa shape index (κ2) is 6.76. The predicted molar refractivity (Wildman–Crippen MR) is 89.7 cm³/mol. The number of rotatable bonds is 4. The molecule has 0 saturated carbocycles. The number of carbonyl (C=O) groups excluding carboxylic acids is 2. The number of carbonyl (C=O) groups is 2. The number of furan rings is 2. The molecule has 25 heavy (non-hydrogen) atoms. The Hall–Kier alpha value is -2.54. The van der Waals surface area contributed by atoms with Gasteiger partial charge in [0, 0.05) is 11.1 Å². The predicted octanol–water partition coefficient (Wildman–Crippen LogP) is 2.03. The zero-order valence-corrected chi connectivity index (χ0v) is 14.8. The fraction of sp³-hybridized carbons (Fsp3) is 0.444. The maximum absolute atomic E-state index is 12.4. The summed E-state index contributed by atoms with van der Waals surface area (Å²) in [4.78, 5) is 24.8. The number of hydrogen-bond donors (Lipinski definition) is 2. The zero-order chi connectivity index (χ0) is 18.1. The maximum atomic E-state index is 12.4. The summed E-state index contributed by atoms with van der Waals surface area (Å²) in [6, 6.07) is 2.94. The van der Waals surface area contributed by atoms with Gasteiger partial charge in [0.05, 0.1) is 25.3 Å². The third kappa shape index (κ3) is 3.61. The van der Waals surface area contributed by atoms with Crippen molar-refractivity contribution in [3.63, 3.8) is 0 Å². The highest BCUT2D eigenvalue weighted by Gasteiger charge is 2.33. The van der Waals surface area contributed by atoms with Gasteiger partial charge in [0.2, 0.25) is 0 Å². The first-order valence-electron chi connectivity index (χ1n) is 8.18. The minimum absolute atomic E-state index is 0.284. The molecule has 0 aliphatic carbocycles. The summed E-state index contributed by atoms with van der Waals surface area (Å²) < 4.78 is 16.3. The quantitative estimate of drug-likeness (QED) is 0.883. The lowest BCUT2D eigenvalue weighted by Crippen LogP contribution is -2.51. The van der Waals surface area contributed by atoms with Crippen LogP contribution in [0.5, 0.6) is 0 Å². The molecule has 2 amide bonds. The maximum Gasteiger partial charge on any atom is 0.287 e. The molecule has 2 N–H and O–H groups in total. The third-order valence-corrected chi connectivity index (χ3v) is 4.21. The summed E-state index contributed by atoms with van der Waals surface area (Å²) in [5.74, 6) is 1.30. The van der Waals surface area contributed by atoms with Crippen molar-refractivity contribution in [2.45, 2.75) is 39.8 Å². The van der Waals surface area contributed by atoms with Crippen LogP contribution < -0.4 is 10.6 Å². The first-order chi connectivity index (χ1) is 11.8. The van der Waals surface area contributed by atoms with Crippen molar-refractivity contribution in [2.75, 3.05) is 13.2 Å². The van der Waals surface area contributed by atoms with Crippen LogP contribution in [0, 0.1) is 27.7 Å². The summed E-state index contributed by atoms with van der Waals surface area (Å²) >= 11 is 0. The Bertz CT molecular complexity index is 738. The van der Waals surface area contributed by atoms with Crippen LogP contribution in [0.4, 0.5) is 0 Å². The molecule has 2 atom stereocenters. The van der Waals surface area contributed by atoms with E-state index in [1.807, 2.05) is 13.8 Å². The molecule has 7 nitrogen and oxygen atoms in total. The van der Waals surface area contributed by atoms with E-state index in [1.165, 1.54) is 0 Å². The fourth-order valence-corrected chi connectivity index (χ4v) is 3.04. The van der Waals surface area contributed by atoms with E-state index in [9.17, 15) is 9.59 Å². The van der Waals surface area contributed by atoms with Gasteiger partial charge in [0.1, 0.15) is 11.5 Å². The van der Waals surface area contributed by atoms with E-state index < -0.39 is 0 Å². The lowest BCUT2D eigenvalue weighted by Gasteiger charge is -2.19. The van der Waals surface area contributed by atoms with Gasteiger partial charge in [-0.2, -0.15) is 0 Å². The summed E-state index contributed by atoms with van der Waals surface area (Å²) in [5, 5.41) is 5.75. The smallest absolute Gasteiger partial charge is 0.287 e. The molecule has 134 valence electrons. The molecular weight excluding hydrogens is 324 g/mol. The molecule has 1 aliphatic rings. The highest BCUT2D eigenvalue weighted by atomic mass is 16.5. The second-order valence-electron chi connectivity index (χ2n) is 6.44. The number of aryl methyl sites for hydroxylation is 4. The van der Waals surface area contributed by atoms with Gasteiger partial charge in [0.15, 0.2) is 11.5 Å². The topological polar surface area (TPSA) is 93.7 Å². The number of hydrogen-bond acceptors (Lipinski definition) is 5. The van der Waals surface area contributed by atoms with Crippen LogP contribution in [0.15, 0.2) is 21.0 Å². The Balaban J connectivity index is 1.66. The van der Waals surface area contributed by atoms with Crippen molar-refractivity contribution in [2.24, 2.45) is 0 Å². The van der Waals surface area contributed by atoms with Crippen molar-refractivity contribution >= 4 is 11.8 Å². The molecule has 0 unspecified atom stereocenters. The van der Waals surface area contributed by atoms with Crippen molar-refractivity contribution in [1.82, 2.24) is 10.6 Å². The molecule has 2 aromatic rings. The van der Waals surface area contributed by atoms with Crippen LogP contribution in [0.3, 0.4) is 0 Å². The van der Waals surface area contributed by atoms with Crippen LogP contribution in [0.1, 0.15) is 43.8 Å². The van der Waals surface area contributed by atoms with Crippen LogP contribution in [0.2, 0.25) is 0 Å². The normalized spacial score (nSPS) is 19.8. The Labute approximate surface area is 145 Å². The van der Waals surface area contributed by atoms with Crippen molar-refractivity contribution in [3.05, 3.63) is 46.3 Å². The van der Waals surface area contributed by atoms with Gasteiger partial charge < -0.3 is 24.2 Å². The van der Waals surface area contributed by atoms with Gasteiger partial charge >= 0.3 is 0 Å². The zero-order valence-electron chi connectivity index (χ0n) is 14.8. The number of nitrogens with one attached hydrogen (secondary N) is 2. The van der Waals surface area contributed by atoms with E-state index >= 15 is 0 Å². The van der Waals surface area contributed by atoms with Crippen molar-refractivity contribution in [3.8, 4) is 0 Å². The third-order valence-electron chi connectivity index (χ3n) is 4.21. The Morgan fingerprint density at radius 2 is 1.24 bits per heavy atom. The van der Waals surface area contributed by atoms with Crippen LogP contribution >= 0.6 is 0 Å². The van der Waals surface area contributed by atoms with Gasteiger partial charge in [-0.15, -0.1) is 0 Å². The van der Waals surface area contributed by atoms with E-state index in [2.05, 4.69) is 10.6 Å². The first-order valence-corrected chi connectivity index (χ1v) is 8.18. The minimum Gasteiger partial charge on any atom is -0.456 e. The molecule has 1 fully saturated rings. The van der Waals surface area contributed by atoms with E-state index in [-0.39, 0.29) is 35.4 Å². The molecule has 7 heteroatoms. The number of amides is 2. The van der Waals surface area contributed by atoms with Gasteiger partial charge in [-0.1, -0.05) is 0 Å². The van der Waals surface area contributed by atoms with Crippen LogP contribution in [0.25, 0.3) is 0 Å².